The van der Waals surface area contributed by atoms with Gasteiger partial charge in [-0.2, -0.15) is 18.6 Å². The molecule has 0 bridgehead atoms. The number of halogens is 3. The molecule has 1 heterocycles. The first kappa shape index (κ1) is 22.2. The Hall–Kier alpha value is -3.46. The lowest BCUT2D eigenvalue weighted by Crippen LogP contribution is -2.31. The van der Waals surface area contributed by atoms with Crippen LogP contribution in [0, 0.1) is 12.7 Å². The smallest absolute Gasteiger partial charge is 0.296 e. The zero-order valence-corrected chi connectivity index (χ0v) is 16.8. The number of alkyl halides is 2. The van der Waals surface area contributed by atoms with E-state index in [-0.39, 0.29) is 22.5 Å². The summed E-state index contributed by atoms with van der Waals surface area (Å²) >= 11 is 0. The summed E-state index contributed by atoms with van der Waals surface area (Å²) in [7, 11) is 0. The molecule has 9 heteroatoms. The number of aromatic nitrogens is 2. The molecule has 0 spiro atoms. The Morgan fingerprint density at radius 1 is 1.16 bits per heavy atom. The van der Waals surface area contributed by atoms with Crippen LogP contribution in [-0.2, 0) is 5.92 Å². The van der Waals surface area contributed by atoms with Crippen LogP contribution in [-0.4, -0.2) is 27.4 Å². The van der Waals surface area contributed by atoms with Crippen molar-refractivity contribution in [1.82, 2.24) is 15.1 Å². The Kier molecular flexibility index (Phi) is 6.26. The van der Waals surface area contributed by atoms with E-state index < -0.39 is 35.9 Å². The highest BCUT2D eigenvalue weighted by molar-refractivity contribution is 5.92. The number of nitrogens with one attached hydrogen (secondary N) is 1. The molecule has 0 radical (unpaired) electrons. The molecule has 3 aromatic rings. The quantitative estimate of drug-likeness (QED) is 0.628. The number of carbonyl (C=O) groups is 1. The number of hydrogen-bond acceptors (Lipinski definition) is 4. The monoisotopic (exact) mass is 431 g/mol. The van der Waals surface area contributed by atoms with Gasteiger partial charge in [-0.05, 0) is 43.2 Å². The van der Waals surface area contributed by atoms with Crippen LogP contribution in [0.15, 0.2) is 59.4 Å². The molecule has 1 amide bonds. The molecular formula is C22H20F3N3O3. The second-order valence-corrected chi connectivity index (χ2v) is 7.00. The van der Waals surface area contributed by atoms with E-state index >= 15 is 0 Å². The van der Waals surface area contributed by atoms with Gasteiger partial charge in [0.25, 0.3) is 17.4 Å². The van der Waals surface area contributed by atoms with Crippen molar-refractivity contribution in [3.8, 4) is 5.69 Å². The van der Waals surface area contributed by atoms with Gasteiger partial charge in [0.05, 0.1) is 6.04 Å². The zero-order chi connectivity index (χ0) is 22.8. The third kappa shape index (κ3) is 4.51. The van der Waals surface area contributed by atoms with E-state index in [0.29, 0.717) is 5.56 Å². The number of rotatable bonds is 6. The molecule has 2 aromatic carbocycles. The summed E-state index contributed by atoms with van der Waals surface area (Å²) in [5.41, 5.74) is -0.543. The van der Waals surface area contributed by atoms with Crippen LogP contribution in [0.5, 0.6) is 0 Å². The fourth-order valence-electron chi connectivity index (χ4n) is 3.28. The van der Waals surface area contributed by atoms with Crippen LogP contribution in [0.4, 0.5) is 13.2 Å². The molecule has 1 atom stereocenters. The number of para-hydroxylation sites is 1. The van der Waals surface area contributed by atoms with Crippen LogP contribution in [0.1, 0.15) is 40.1 Å². The molecule has 3 rings (SSSR count). The van der Waals surface area contributed by atoms with Gasteiger partial charge >= 0.3 is 0 Å². The van der Waals surface area contributed by atoms with E-state index in [1.54, 1.807) is 13.0 Å². The molecule has 31 heavy (non-hydrogen) atoms. The van der Waals surface area contributed by atoms with Crippen molar-refractivity contribution < 1.29 is 23.1 Å². The first-order valence-corrected chi connectivity index (χ1v) is 9.40. The highest BCUT2D eigenvalue weighted by Crippen LogP contribution is 2.33. The lowest BCUT2D eigenvalue weighted by molar-refractivity contribution is -0.0561. The number of amides is 1. The van der Waals surface area contributed by atoms with Crippen LogP contribution >= 0.6 is 0 Å². The van der Waals surface area contributed by atoms with Crippen LogP contribution in [0.25, 0.3) is 5.69 Å². The van der Waals surface area contributed by atoms with Gasteiger partial charge in [-0.25, -0.2) is 4.39 Å². The predicted octanol–water partition coefficient (Wildman–Crippen LogP) is 3.26. The maximum Gasteiger partial charge on any atom is 0.296 e. The molecule has 2 N–H and O–H groups in total. The van der Waals surface area contributed by atoms with Crippen LogP contribution in [0.3, 0.4) is 0 Å². The van der Waals surface area contributed by atoms with Gasteiger partial charge in [0.2, 0.25) is 0 Å². The number of aliphatic hydroxyl groups excluding tert-OH is 1. The van der Waals surface area contributed by atoms with Gasteiger partial charge in [0.1, 0.15) is 23.8 Å². The average molecular weight is 431 g/mol. The molecule has 0 aliphatic rings. The summed E-state index contributed by atoms with van der Waals surface area (Å²) in [4.78, 5) is 24.8. The van der Waals surface area contributed by atoms with Gasteiger partial charge in [-0.3, -0.25) is 9.59 Å². The predicted molar refractivity (Wildman–Crippen MR) is 108 cm³/mol. The third-order valence-corrected chi connectivity index (χ3v) is 4.90. The minimum absolute atomic E-state index is 0.107. The summed E-state index contributed by atoms with van der Waals surface area (Å²) < 4.78 is 42.8. The highest BCUT2D eigenvalue weighted by atomic mass is 19.3. The van der Waals surface area contributed by atoms with Crippen molar-refractivity contribution in [2.75, 3.05) is 6.61 Å². The van der Waals surface area contributed by atoms with Crippen molar-refractivity contribution in [2.45, 2.75) is 25.8 Å². The van der Waals surface area contributed by atoms with E-state index in [2.05, 4.69) is 10.4 Å². The largest absolute Gasteiger partial charge is 0.390 e. The van der Waals surface area contributed by atoms with Gasteiger partial charge in [0.15, 0.2) is 0 Å². The van der Waals surface area contributed by atoms with Gasteiger partial charge in [-0.15, -0.1) is 0 Å². The summed E-state index contributed by atoms with van der Waals surface area (Å²) in [6.07, 6.45) is 0. The highest BCUT2D eigenvalue weighted by Gasteiger charge is 2.33. The van der Waals surface area contributed by atoms with Crippen molar-refractivity contribution >= 4 is 5.91 Å². The molecule has 6 nitrogen and oxygen atoms in total. The molecule has 162 valence electrons. The standard InChI is InChI=1S/C22H20F3N3O3/c1-13-15(6-5-7-16(13)22(24,25)12-29)14(2)26-21(31)18-10-11-20(30)28(27-18)19-9-4-3-8-17(19)23/h3-11,14,29H,12H2,1-2H3,(H,26,31). The summed E-state index contributed by atoms with van der Waals surface area (Å²) in [5, 5.41) is 15.6. The topological polar surface area (TPSA) is 84.2 Å². The Morgan fingerprint density at radius 3 is 2.55 bits per heavy atom. The van der Waals surface area contributed by atoms with Crippen LogP contribution in [0.2, 0.25) is 0 Å². The summed E-state index contributed by atoms with van der Waals surface area (Å²) in [6, 6.07) is 11.3. The first-order chi connectivity index (χ1) is 14.7. The lowest BCUT2D eigenvalue weighted by atomic mass is 9.94. The Balaban J connectivity index is 1.89. The Labute approximate surface area is 176 Å². The maximum atomic E-state index is 14.0. The fourth-order valence-corrected chi connectivity index (χ4v) is 3.28. The SMILES string of the molecule is Cc1c(C(C)NC(=O)c2ccc(=O)n(-c3ccccc3F)n2)cccc1C(F)(F)CO. The van der Waals surface area contributed by atoms with Crippen LogP contribution < -0.4 is 10.9 Å². The van der Waals surface area contributed by atoms with Gasteiger partial charge in [0, 0.05) is 11.6 Å². The summed E-state index contributed by atoms with van der Waals surface area (Å²) in [5.74, 6) is -4.77. The molecule has 0 aliphatic carbocycles. The number of benzene rings is 2. The van der Waals surface area contributed by atoms with E-state index in [1.807, 2.05) is 0 Å². The molecule has 0 saturated carbocycles. The minimum Gasteiger partial charge on any atom is -0.390 e. The fraction of sp³-hybridized carbons (Fsp3) is 0.227. The molecular weight excluding hydrogens is 411 g/mol. The minimum atomic E-state index is -3.42. The van der Waals surface area contributed by atoms with E-state index in [9.17, 15) is 22.8 Å². The molecule has 1 unspecified atom stereocenters. The maximum absolute atomic E-state index is 14.0. The van der Waals surface area contributed by atoms with Crippen molar-refractivity contribution in [1.29, 1.82) is 0 Å². The number of nitrogens with zero attached hydrogens (tertiary/aromatic N) is 2. The van der Waals surface area contributed by atoms with Crippen molar-refractivity contribution in [2.24, 2.45) is 0 Å². The molecule has 0 fully saturated rings. The van der Waals surface area contributed by atoms with Crippen molar-refractivity contribution in [3.63, 3.8) is 0 Å². The average Bonchev–Trinajstić information content (AvgIpc) is 2.74. The molecule has 0 aliphatic heterocycles. The van der Waals surface area contributed by atoms with Crippen molar-refractivity contribution in [3.05, 3.63) is 93.2 Å². The molecule has 0 saturated heterocycles. The zero-order valence-electron chi connectivity index (χ0n) is 16.8. The Bertz CT molecular complexity index is 1180. The van der Waals surface area contributed by atoms with E-state index in [1.165, 1.54) is 43.3 Å². The third-order valence-electron chi connectivity index (χ3n) is 4.90. The van der Waals surface area contributed by atoms with E-state index in [0.717, 1.165) is 16.8 Å². The lowest BCUT2D eigenvalue weighted by Gasteiger charge is -2.22. The first-order valence-electron chi connectivity index (χ1n) is 9.40. The summed E-state index contributed by atoms with van der Waals surface area (Å²) in [6.45, 7) is 1.75. The molecule has 1 aromatic heterocycles. The number of hydrogen-bond donors (Lipinski definition) is 2. The van der Waals surface area contributed by atoms with Gasteiger partial charge in [-0.1, -0.05) is 30.3 Å². The Morgan fingerprint density at radius 2 is 1.87 bits per heavy atom. The second-order valence-electron chi connectivity index (χ2n) is 7.00. The van der Waals surface area contributed by atoms with Gasteiger partial charge < -0.3 is 10.4 Å². The van der Waals surface area contributed by atoms with E-state index in [4.69, 9.17) is 5.11 Å². The normalized spacial score (nSPS) is 12.5. The number of carbonyl (C=O) groups excluding carboxylic acids is 1. The number of aliphatic hydroxyl groups is 1. The second kappa shape index (κ2) is 8.73.